The van der Waals surface area contributed by atoms with Crippen molar-refractivity contribution in [1.29, 1.82) is 5.26 Å². The highest BCUT2D eigenvalue weighted by Gasteiger charge is 2.13. The number of nitrogens with zero attached hydrogens (tertiary/aromatic N) is 2. The van der Waals surface area contributed by atoms with E-state index in [9.17, 15) is 9.59 Å². The Morgan fingerprint density at radius 2 is 2.04 bits per heavy atom. The summed E-state index contributed by atoms with van der Waals surface area (Å²) in [4.78, 5) is 26.2. The van der Waals surface area contributed by atoms with Gasteiger partial charge in [0, 0.05) is 38.1 Å². The fourth-order valence-corrected chi connectivity index (χ4v) is 2.32. The van der Waals surface area contributed by atoms with Crippen LogP contribution in [0.15, 0.2) is 36.0 Å². The van der Waals surface area contributed by atoms with Crippen molar-refractivity contribution in [3.8, 4) is 6.07 Å². The first-order chi connectivity index (χ1) is 12.1. The van der Waals surface area contributed by atoms with Gasteiger partial charge in [-0.05, 0) is 12.1 Å². The largest absolute Gasteiger partial charge is 0.398 e. The Morgan fingerprint density at radius 3 is 2.72 bits per heavy atom. The Kier molecular flexibility index (Phi) is 6.95. The van der Waals surface area contributed by atoms with E-state index in [0.29, 0.717) is 32.0 Å². The minimum atomic E-state index is -0.530. The van der Waals surface area contributed by atoms with Crippen molar-refractivity contribution in [2.45, 2.75) is 0 Å². The van der Waals surface area contributed by atoms with Crippen molar-refractivity contribution in [3.63, 3.8) is 0 Å². The standard InChI is InChI=1S/C17H21N5O3/c18-11-13(12-21-17(24)14-3-1-2-4-15(14)19)16(23)20-5-6-22-7-9-25-10-8-22/h1-4,12H,5-10,19H2,(H,20,23)(H,21,24)/b13-12-. The molecule has 2 amide bonds. The van der Waals surface area contributed by atoms with Crippen molar-refractivity contribution in [2.75, 3.05) is 45.1 Å². The molecule has 1 fully saturated rings. The van der Waals surface area contributed by atoms with E-state index in [1.807, 2.05) is 0 Å². The van der Waals surface area contributed by atoms with Crippen molar-refractivity contribution in [2.24, 2.45) is 0 Å². The van der Waals surface area contributed by atoms with E-state index in [2.05, 4.69) is 15.5 Å². The lowest BCUT2D eigenvalue weighted by Crippen LogP contribution is -2.41. The quantitative estimate of drug-likeness (QED) is 0.375. The maximum atomic E-state index is 12.0. The highest BCUT2D eigenvalue weighted by Crippen LogP contribution is 2.09. The maximum absolute atomic E-state index is 12.0. The molecule has 0 atom stereocenters. The zero-order valence-corrected chi connectivity index (χ0v) is 13.8. The maximum Gasteiger partial charge on any atom is 0.263 e. The van der Waals surface area contributed by atoms with Crippen molar-refractivity contribution < 1.29 is 14.3 Å². The molecule has 1 aliphatic rings. The number of amides is 2. The lowest BCUT2D eigenvalue weighted by atomic mass is 10.1. The second-order valence-electron chi connectivity index (χ2n) is 5.44. The zero-order chi connectivity index (χ0) is 18.1. The molecule has 132 valence electrons. The molecule has 25 heavy (non-hydrogen) atoms. The van der Waals surface area contributed by atoms with E-state index in [0.717, 1.165) is 19.3 Å². The van der Waals surface area contributed by atoms with Crippen LogP contribution in [0.4, 0.5) is 5.69 Å². The van der Waals surface area contributed by atoms with Crippen molar-refractivity contribution in [3.05, 3.63) is 41.6 Å². The van der Waals surface area contributed by atoms with E-state index in [-0.39, 0.29) is 11.1 Å². The molecule has 4 N–H and O–H groups in total. The summed E-state index contributed by atoms with van der Waals surface area (Å²) in [5, 5.41) is 14.2. The number of anilines is 1. The molecule has 1 aromatic rings. The number of nitriles is 1. The Hall–Kier alpha value is -2.89. The van der Waals surface area contributed by atoms with Gasteiger partial charge in [0.15, 0.2) is 0 Å². The Morgan fingerprint density at radius 1 is 1.32 bits per heavy atom. The predicted octanol–water partition coefficient (Wildman–Crippen LogP) is -0.146. The molecule has 8 nitrogen and oxygen atoms in total. The molecule has 0 aromatic heterocycles. The number of carbonyl (C=O) groups is 2. The van der Waals surface area contributed by atoms with Gasteiger partial charge in [0.2, 0.25) is 0 Å². The fourth-order valence-electron chi connectivity index (χ4n) is 2.32. The van der Waals surface area contributed by atoms with Crippen LogP contribution in [0.1, 0.15) is 10.4 Å². The minimum absolute atomic E-state index is 0.176. The predicted molar refractivity (Wildman–Crippen MR) is 92.3 cm³/mol. The number of nitrogens with one attached hydrogen (secondary N) is 2. The molecule has 0 aliphatic carbocycles. The summed E-state index contributed by atoms with van der Waals surface area (Å²) in [6.45, 7) is 4.12. The minimum Gasteiger partial charge on any atom is -0.398 e. The van der Waals surface area contributed by atoms with E-state index in [1.165, 1.54) is 0 Å². The van der Waals surface area contributed by atoms with Gasteiger partial charge in [-0.1, -0.05) is 12.1 Å². The van der Waals surface area contributed by atoms with Crippen LogP contribution in [0.25, 0.3) is 0 Å². The summed E-state index contributed by atoms with van der Waals surface area (Å²) in [5.41, 5.74) is 6.14. The Balaban J connectivity index is 1.84. The number of nitrogens with two attached hydrogens (primary N) is 1. The molecule has 0 saturated carbocycles. The molecule has 1 aliphatic heterocycles. The van der Waals surface area contributed by atoms with Crippen LogP contribution in [0, 0.1) is 11.3 Å². The second-order valence-corrected chi connectivity index (χ2v) is 5.44. The molecule has 0 bridgehead atoms. The third-order valence-electron chi connectivity index (χ3n) is 3.74. The van der Waals surface area contributed by atoms with Gasteiger partial charge in [0.25, 0.3) is 11.8 Å². The number of para-hydroxylation sites is 1. The SMILES string of the molecule is N#C/C(=C/NC(=O)c1ccccc1N)C(=O)NCCN1CCOCC1. The second kappa shape index (κ2) is 9.42. The van der Waals surface area contributed by atoms with Crippen LogP contribution in [0.3, 0.4) is 0 Å². The number of hydrogen-bond donors (Lipinski definition) is 3. The molecule has 0 radical (unpaired) electrons. The fraction of sp³-hybridized carbons (Fsp3) is 0.353. The van der Waals surface area contributed by atoms with E-state index >= 15 is 0 Å². The van der Waals surface area contributed by atoms with Gasteiger partial charge in [0.1, 0.15) is 11.6 Å². The zero-order valence-electron chi connectivity index (χ0n) is 13.8. The molecule has 8 heteroatoms. The highest BCUT2D eigenvalue weighted by molar-refractivity contribution is 6.01. The van der Waals surface area contributed by atoms with Crippen molar-refractivity contribution in [1.82, 2.24) is 15.5 Å². The smallest absolute Gasteiger partial charge is 0.263 e. The summed E-state index contributed by atoms with van der Waals surface area (Å²) in [6.07, 6.45) is 1.10. The summed E-state index contributed by atoms with van der Waals surface area (Å²) < 4.78 is 5.25. The van der Waals surface area contributed by atoms with Gasteiger partial charge in [0.05, 0.1) is 18.8 Å². The molecule has 1 saturated heterocycles. The summed E-state index contributed by atoms with van der Waals surface area (Å²) in [7, 11) is 0. The Labute approximate surface area is 146 Å². The molecular weight excluding hydrogens is 322 g/mol. The van der Waals surface area contributed by atoms with Gasteiger partial charge in [-0.25, -0.2) is 0 Å². The van der Waals surface area contributed by atoms with Gasteiger partial charge in [-0.2, -0.15) is 5.26 Å². The highest BCUT2D eigenvalue weighted by atomic mass is 16.5. The first-order valence-electron chi connectivity index (χ1n) is 7.95. The third kappa shape index (κ3) is 5.60. The summed E-state index contributed by atoms with van der Waals surface area (Å²) >= 11 is 0. The van der Waals surface area contributed by atoms with Gasteiger partial charge in [-0.3, -0.25) is 14.5 Å². The number of nitrogen functional groups attached to an aromatic ring is 1. The average Bonchev–Trinajstić information content (AvgIpc) is 2.63. The number of carbonyl (C=O) groups excluding carboxylic acids is 2. The first kappa shape index (κ1) is 18.4. The number of morpholine rings is 1. The number of rotatable bonds is 6. The third-order valence-corrected chi connectivity index (χ3v) is 3.74. The lowest BCUT2D eigenvalue weighted by Gasteiger charge is -2.26. The molecule has 0 unspecified atom stereocenters. The molecular formula is C17H21N5O3. The van der Waals surface area contributed by atoms with Crippen LogP contribution in [0.5, 0.6) is 0 Å². The van der Waals surface area contributed by atoms with Crippen LogP contribution in [-0.2, 0) is 9.53 Å². The summed E-state index contributed by atoms with van der Waals surface area (Å²) in [5.74, 6) is -1.01. The Bertz CT molecular complexity index is 690. The molecule has 1 aromatic carbocycles. The first-order valence-corrected chi connectivity index (χ1v) is 7.95. The normalized spacial score (nSPS) is 15.2. The van der Waals surface area contributed by atoms with Gasteiger partial charge >= 0.3 is 0 Å². The number of benzene rings is 1. The molecule has 1 heterocycles. The van der Waals surface area contributed by atoms with Crippen LogP contribution in [0.2, 0.25) is 0 Å². The van der Waals surface area contributed by atoms with Gasteiger partial charge in [-0.15, -0.1) is 0 Å². The number of ether oxygens (including phenoxy) is 1. The number of hydrogen-bond acceptors (Lipinski definition) is 6. The molecule has 0 spiro atoms. The lowest BCUT2D eigenvalue weighted by molar-refractivity contribution is -0.117. The monoisotopic (exact) mass is 343 g/mol. The van der Waals surface area contributed by atoms with Gasteiger partial charge < -0.3 is 21.1 Å². The van der Waals surface area contributed by atoms with Crippen LogP contribution >= 0.6 is 0 Å². The topological polar surface area (TPSA) is 120 Å². The average molecular weight is 343 g/mol. The van der Waals surface area contributed by atoms with Crippen molar-refractivity contribution >= 4 is 17.5 Å². The van der Waals surface area contributed by atoms with Crippen LogP contribution < -0.4 is 16.4 Å². The van der Waals surface area contributed by atoms with E-state index < -0.39 is 11.8 Å². The molecule has 2 rings (SSSR count). The van der Waals surface area contributed by atoms with E-state index in [4.69, 9.17) is 15.7 Å². The van der Waals surface area contributed by atoms with Crippen LogP contribution in [-0.4, -0.2) is 56.1 Å². The summed E-state index contributed by atoms with van der Waals surface area (Å²) in [6, 6.07) is 8.34. The van der Waals surface area contributed by atoms with E-state index in [1.54, 1.807) is 30.3 Å².